The van der Waals surface area contributed by atoms with Gasteiger partial charge in [0, 0.05) is 6.42 Å². The van der Waals surface area contributed by atoms with E-state index in [1.54, 1.807) is 0 Å². The van der Waals surface area contributed by atoms with Crippen molar-refractivity contribution in [2.24, 2.45) is 0 Å². The van der Waals surface area contributed by atoms with E-state index in [2.05, 4.69) is 0 Å². The molecule has 1 aromatic rings. The van der Waals surface area contributed by atoms with Crippen molar-refractivity contribution < 1.29 is 29.7 Å². The molecule has 0 aliphatic rings. The topological polar surface area (TPSA) is 112 Å². The van der Waals surface area contributed by atoms with E-state index < -0.39 is 17.9 Å². The minimum absolute atomic E-state index is 0.0277. The first-order valence-corrected chi connectivity index (χ1v) is 5.07. The lowest BCUT2D eigenvalue weighted by Gasteiger charge is -2.03. The monoisotopic (exact) mass is 253 g/mol. The van der Waals surface area contributed by atoms with Crippen molar-refractivity contribution in [3.63, 3.8) is 0 Å². The lowest BCUT2D eigenvalue weighted by atomic mass is 10.0. The summed E-state index contributed by atoms with van der Waals surface area (Å²) in [6, 6.07) is 4.17. The fourth-order valence-electron chi connectivity index (χ4n) is 1.10. The summed E-state index contributed by atoms with van der Waals surface area (Å²) in [5.74, 6) is -3.22. The van der Waals surface area contributed by atoms with Gasteiger partial charge in [-0.2, -0.15) is 0 Å². The third-order valence-corrected chi connectivity index (χ3v) is 2.08. The largest absolute Gasteiger partial charge is 0.478 e. The fourth-order valence-corrected chi connectivity index (χ4v) is 1.10. The average Bonchev–Trinajstić information content (AvgIpc) is 2.29. The summed E-state index contributed by atoms with van der Waals surface area (Å²) in [5.41, 5.74) is 0.335. The average molecular weight is 253 g/mol. The zero-order valence-electron chi connectivity index (χ0n) is 9.97. The summed E-state index contributed by atoms with van der Waals surface area (Å²) in [6.45, 7) is 3.02. The SMILES string of the molecule is CCC([O])=O.Cc1c(C(=O)O)cccc1C(=O)O. The van der Waals surface area contributed by atoms with Crippen molar-refractivity contribution in [3.8, 4) is 0 Å². The highest BCUT2D eigenvalue weighted by atomic mass is 16.4. The van der Waals surface area contributed by atoms with E-state index in [-0.39, 0.29) is 23.1 Å². The Balaban J connectivity index is 0.000000494. The molecule has 0 aliphatic heterocycles. The van der Waals surface area contributed by atoms with Gasteiger partial charge in [0.1, 0.15) is 0 Å². The van der Waals surface area contributed by atoms with Crippen LogP contribution >= 0.6 is 0 Å². The van der Waals surface area contributed by atoms with Gasteiger partial charge in [0.2, 0.25) is 0 Å². The first kappa shape index (κ1) is 15.6. The zero-order valence-corrected chi connectivity index (χ0v) is 9.97. The maximum absolute atomic E-state index is 10.6. The highest BCUT2D eigenvalue weighted by Crippen LogP contribution is 2.13. The number of carbonyl (C=O) groups is 3. The number of hydrogen-bond donors (Lipinski definition) is 2. The van der Waals surface area contributed by atoms with Gasteiger partial charge < -0.3 is 10.2 Å². The van der Waals surface area contributed by atoms with E-state index in [1.807, 2.05) is 0 Å². The van der Waals surface area contributed by atoms with Crippen LogP contribution in [-0.2, 0) is 9.90 Å². The predicted octanol–water partition coefficient (Wildman–Crippen LogP) is 1.74. The number of hydrogen-bond acceptors (Lipinski definition) is 3. The molecule has 1 rings (SSSR count). The second kappa shape index (κ2) is 7.05. The number of aromatic carboxylic acids is 2. The third-order valence-electron chi connectivity index (χ3n) is 2.08. The quantitative estimate of drug-likeness (QED) is 0.852. The van der Waals surface area contributed by atoms with Crippen molar-refractivity contribution in [2.45, 2.75) is 20.3 Å². The molecule has 0 amide bonds. The number of carboxylic acids is 2. The smallest absolute Gasteiger partial charge is 0.355 e. The summed E-state index contributed by atoms with van der Waals surface area (Å²) < 4.78 is 0. The molecule has 6 heteroatoms. The molecular formula is C12H13O6. The van der Waals surface area contributed by atoms with Gasteiger partial charge in [0.05, 0.1) is 11.1 Å². The summed E-state index contributed by atoms with van der Waals surface area (Å²) in [7, 11) is 0. The molecular weight excluding hydrogens is 240 g/mol. The van der Waals surface area contributed by atoms with E-state index in [0.29, 0.717) is 0 Å². The molecule has 0 atom stereocenters. The summed E-state index contributed by atoms with van der Waals surface area (Å²) in [5, 5.41) is 26.6. The van der Waals surface area contributed by atoms with Gasteiger partial charge in [-0.05, 0) is 24.6 Å². The predicted molar refractivity (Wildman–Crippen MR) is 61.1 cm³/mol. The molecule has 6 nitrogen and oxygen atoms in total. The molecule has 0 spiro atoms. The molecule has 0 aliphatic carbocycles. The Bertz CT molecular complexity index is 431. The van der Waals surface area contributed by atoms with Crippen molar-refractivity contribution >= 4 is 17.9 Å². The molecule has 2 N–H and O–H groups in total. The van der Waals surface area contributed by atoms with Gasteiger partial charge in [0.15, 0.2) is 0 Å². The van der Waals surface area contributed by atoms with Crippen LogP contribution in [0.3, 0.4) is 0 Å². The minimum atomic E-state index is -1.11. The Morgan fingerprint density at radius 1 is 1.06 bits per heavy atom. The van der Waals surface area contributed by atoms with Gasteiger partial charge in [0.25, 0.3) is 0 Å². The Hall–Kier alpha value is -2.37. The van der Waals surface area contributed by atoms with Gasteiger partial charge in [-0.3, -0.25) is 0 Å². The van der Waals surface area contributed by atoms with Gasteiger partial charge in [-0.15, -0.1) is 0 Å². The molecule has 18 heavy (non-hydrogen) atoms. The van der Waals surface area contributed by atoms with Crippen LogP contribution in [0.1, 0.15) is 39.6 Å². The van der Waals surface area contributed by atoms with E-state index in [0.717, 1.165) is 0 Å². The number of benzene rings is 1. The molecule has 1 radical (unpaired) electrons. The Morgan fingerprint density at radius 2 is 1.39 bits per heavy atom. The summed E-state index contributed by atoms with van der Waals surface area (Å²) in [4.78, 5) is 30.5. The number of carbonyl (C=O) groups excluding carboxylic acids is 1. The van der Waals surface area contributed by atoms with E-state index >= 15 is 0 Å². The van der Waals surface area contributed by atoms with Crippen LogP contribution in [0.5, 0.6) is 0 Å². The van der Waals surface area contributed by atoms with E-state index in [4.69, 9.17) is 10.2 Å². The van der Waals surface area contributed by atoms with E-state index in [9.17, 15) is 19.5 Å². The van der Waals surface area contributed by atoms with Crippen LogP contribution in [0.25, 0.3) is 0 Å². The van der Waals surface area contributed by atoms with Crippen LogP contribution in [0.15, 0.2) is 18.2 Å². The fraction of sp³-hybridized carbons (Fsp3) is 0.250. The lowest BCUT2D eigenvalue weighted by molar-refractivity contribution is -0.142. The van der Waals surface area contributed by atoms with Crippen LogP contribution in [0.2, 0.25) is 0 Å². The van der Waals surface area contributed by atoms with Crippen LogP contribution in [0, 0.1) is 6.92 Å². The minimum Gasteiger partial charge on any atom is -0.478 e. The van der Waals surface area contributed by atoms with Crippen LogP contribution < -0.4 is 0 Å². The molecule has 0 fully saturated rings. The molecule has 0 unspecified atom stereocenters. The zero-order chi connectivity index (χ0) is 14.3. The van der Waals surface area contributed by atoms with Gasteiger partial charge >= 0.3 is 17.9 Å². The van der Waals surface area contributed by atoms with E-state index in [1.165, 1.54) is 32.0 Å². The highest BCUT2D eigenvalue weighted by Gasteiger charge is 2.13. The van der Waals surface area contributed by atoms with Crippen molar-refractivity contribution in [1.29, 1.82) is 0 Å². The maximum Gasteiger partial charge on any atom is 0.355 e. The standard InChI is InChI=1S/C9H8O4.C3H5O2/c1-5-6(8(10)11)3-2-4-7(5)9(12)13;1-2-3(4)5/h2-4H,1H3,(H,10,11)(H,12,13);2H2,1H3. The highest BCUT2D eigenvalue weighted by molar-refractivity contribution is 5.96. The molecule has 0 saturated heterocycles. The Labute approximate surface area is 103 Å². The van der Waals surface area contributed by atoms with Crippen molar-refractivity contribution in [1.82, 2.24) is 0 Å². The summed E-state index contributed by atoms with van der Waals surface area (Å²) >= 11 is 0. The van der Waals surface area contributed by atoms with Crippen LogP contribution in [0.4, 0.5) is 0 Å². The number of carboxylic acid groups (broad SMARTS) is 2. The van der Waals surface area contributed by atoms with Crippen molar-refractivity contribution in [3.05, 3.63) is 34.9 Å². The normalized spacial score (nSPS) is 9.00. The second-order valence-electron chi connectivity index (χ2n) is 3.31. The van der Waals surface area contributed by atoms with Gasteiger partial charge in [-0.25, -0.2) is 19.5 Å². The molecule has 1 aromatic carbocycles. The molecule has 0 saturated carbocycles. The lowest BCUT2D eigenvalue weighted by Crippen LogP contribution is -2.06. The molecule has 0 aromatic heterocycles. The van der Waals surface area contributed by atoms with Crippen LogP contribution in [-0.4, -0.2) is 28.1 Å². The first-order valence-electron chi connectivity index (χ1n) is 5.07. The Kier molecular flexibility index (Phi) is 6.12. The molecule has 0 bridgehead atoms. The molecule has 97 valence electrons. The maximum atomic E-state index is 10.6. The Morgan fingerprint density at radius 3 is 1.61 bits per heavy atom. The summed E-state index contributed by atoms with van der Waals surface area (Å²) in [6.07, 6.45) is 0.111. The van der Waals surface area contributed by atoms with Crippen molar-refractivity contribution in [2.75, 3.05) is 0 Å². The number of rotatable bonds is 3. The molecule has 0 heterocycles. The second-order valence-corrected chi connectivity index (χ2v) is 3.31. The van der Waals surface area contributed by atoms with Gasteiger partial charge in [-0.1, -0.05) is 13.0 Å². The third kappa shape index (κ3) is 4.65. The first-order chi connectivity index (χ1) is 8.31.